The van der Waals surface area contributed by atoms with Crippen LogP contribution >= 0.6 is 0 Å². The molecular formula is C18H31N3O4. The molecule has 3 aliphatic rings. The number of urea groups is 1. The quantitative estimate of drug-likeness (QED) is 0.783. The first-order valence-electron chi connectivity index (χ1n) is 9.24. The number of fused-ring (bicyclic) bond motifs is 1. The summed E-state index contributed by atoms with van der Waals surface area (Å²) in [6.07, 6.45) is 0.978. The van der Waals surface area contributed by atoms with Crippen LogP contribution in [-0.4, -0.2) is 72.5 Å². The Labute approximate surface area is 150 Å². The lowest BCUT2D eigenvalue weighted by atomic mass is 9.57. The zero-order valence-electron chi connectivity index (χ0n) is 16.0. The fourth-order valence-electron chi connectivity index (χ4n) is 4.26. The van der Waals surface area contributed by atoms with Gasteiger partial charge in [-0.1, -0.05) is 13.8 Å². The van der Waals surface area contributed by atoms with Crippen LogP contribution < -0.4 is 5.32 Å². The van der Waals surface area contributed by atoms with Gasteiger partial charge in [-0.25, -0.2) is 9.59 Å². The predicted molar refractivity (Wildman–Crippen MR) is 93.3 cm³/mol. The number of carbonyl (C=O) groups is 2. The maximum absolute atomic E-state index is 12.6. The number of hydrogen-bond donors (Lipinski definition) is 1. The first kappa shape index (κ1) is 18.3. The van der Waals surface area contributed by atoms with Gasteiger partial charge in [0, 0.05) is 50.2 Å². The lowest BCUT2D eigenvalue weighted by molar-refractivity contribution is -0.109. The Kier molecular flexibility index (Phi) is 4.64. The monoisotopic (exact) mass is 353 g/mol. The number of nitrogens with one attached hydrogen (secondary N) is 1. The zero-order chi connectivity index (χ0) is 18.4. The van der Waals surface area contributed by atoms with Crippen LogP contribution in [0, 0.1) is 11.3 Å². The van der Waals surface area contributed by atoms with Gasteiger partial charge < -0.3 is 24.6 Å². The summed E-state index contributed by atoms with van der Waals surface area (Å²) >= 11 is 0. The fourth-order valence-corrected chi connectivity index (χ4v) is 4.26. The zero-order valence-corrected chi connectivity index (χ0v) is 16.0. The Morgan fingerprint density at radius 1 is 1.12 bits per heavy atom. The van der Waals surface area contributed by atoms with Crippen molar-refractivity contribution in [2.24, 2.45) is 11.3 Å². The topological polar surface area (TPSA) is 71.1 Å². The maximum atomic E-state index is 12.6. The maximum Gasteiger partial charge on any atom is 0.410 e. The van der Waals surface area contributed by atoms with Crippen molar-refractivity contribution < 1.29 is 19.1 Å². The molecule has 0 spiro atoms. The minimum absolute atomic E-state index is 0.0187. The number of rotatable bonds is 1. The van der Waals surface area contributed by atoms with Crippen molar-refractivity contribution in [3.63, 3.8) is 0 Å². The molecule has 0 aromatic carbocycles. The average Bonchev–Trinajstić information content (AvgIpc) is 2.98. The molecule has 0 aromatic rings. The highest BCUT2D eigenvalue weighted by atomic mass is 16.6. The lowest BCUT2D eigenvalue weighted by Crippen LogP contribution is -2.68. The van der Waals surface area contributed by atoms with Gasteiger partial charge in [0.25, 0.3) is 0 Å². The van der Waals surface area contributed by atoms with Crippen molar-refractivity contribution in [2.75, 3.05) is 32.8 Å². The largest absolute Gasteiger partial charge is 0.444 e. The summed E-state index contributed by atoms with van der Waals surface area (Å²) in [5.74, 6) is 0.432. The van der Waals surface area contributed by atoms with Gasteiger partial charge >= 0.3 is 12.1 Å². The van der Waals surface area contributed by atoms with Crippen LogP contribution in [0.25, 0.3) is 0 Å². The lowest BCUT2D eigenvalue weighted by Gasteiger charge is -2.55. The molecule has 1 aliphatic carbocycles. The van der Waals surface area contributed by atoms with Crippen LogP contribution in [0.5, 0.6) is 0 Å². The Hall–Kier alpha value is -1.50. The van der Waals surface area contributed by atoms with Crippen molar-refractivity contribution in [3.05, 3.63) is 0 Å². The normalized spacial score (nSPS) is 31.2. The molecule has 0 unspecified atom stereocenters. The van der Waals surface area contributed by atoms with E-state index < -0.39 is 5.60 Å². The van der Waals surface area contributed by atoms with Crippen molar-refractivity contribution >= 4 is 12.1 Å². The summed E-state index contributed by atoms with van der Waals surface area (Å²) < 4.78 is 11.2. The molecule has 1 saturated carbocycles. The van der Waals surface area contributed by atoms with Gasteiger partial charge in [0.1, 0.15) is 5.60 Å². The molecule has 2 heterocycles. The van der Waals surface area contributed by atoms with E-state index in [1.165, 1.54) is 0 Å². The Balaban J connectivity index is 1.48. The third kappa shape index (κ3) is 3.57. The van der Waals surface area contributed by atoms with E-state index in [9.17, 15) is 9.59 Å². The number of hydrogen-bond acceptors (Lipinski definition) is 4. The van der Waals surface area contributed by atoms with Gasteiger partial charge in [0.15, 0.2) is 0 Å². The first-order valence-corrected chi connectivity index (χ1v) is 9.24. The minimum Gasteiger partial charge on any atom is -0.444 e. The second-order valence-corrected chi connectivity index (χ2v) is 8.95. The van der Waals surface area contributed by atoms with E-state index in [-0.39, 0.29) is 29.7 Å². The fraction of sp³-hybridized carbons (Fsp3) is 0.889. The van der Waals surface area contributed by atoms with Crippen molar-refractivity contribution in [1.82, 2.24) is 15.1 Å². The summed E-state index contributed by atoms with van der Waals surface area (Å²) in [7, 11) is 0. The molecular weight excluding hydrogens is 322 g/mol. The SMILES string of the molecule is CC(C)(C)OC(=O)N1CCN(C(=O)N[C@@H]2[C@@H]3CCO[C@@H]3C2(C)C)CC1. The highest BCUT2D eigenvalue weighted by Crippen LogP contribution is 2.52. The van der Waals surface area contributed by atoms with Crippen LogP contribution in [0.2, 0.25) is 0 Å². The Morgan fingerprint density at radius 2 is 1.72 bits per heavy atom. The molecule has 0 radical (unpaired) electrons. The van der Waals surface area contributed by atoms with E-state index in [0.29, 0.717) is 32.1 Å². The van der Waals surface area contributed by atoms with Gasteiger partial charge in [-0.3, -0.25) is 0 Å². The molecule has 0 bridgehead atoms. The van der Waals surface area contributed by atoms with E-state index in [2.05, 4.69) is 19.2 Å². The number of piperazine rings is 1. The number of nitrogens with zero attached hydrogens (tertiary/aromatic N) is 2. The summed E-state index contributed by atoms with van der Waals surface area (Å²) in [6, 6.07) is 0.128. The third-order valence-corrected chi connectivity index (χ3v) is 5.60. The predicted octanol–water partition coefficient (Wildman–Crippen LogP) is 2.06. The van der Waals surface area contributed by atoms with Gasteiger partial charge in [0.2, 0.25) is 0 Å². The molecule has 7 nitrogen and oxygen atoms in total. The molecule has 3 amide bonds. The first-order chi connectivity index (χ1) is 11.6. The molecule has 25 heavy (non-hydrogen) atoms. The summed E-state index contributed by atoms with van der Waals surface area (Å²) in [5, 5.41) is 3.20. The van der Waals surface area contributed by atoms with Gasteiger partial charge in [-0.15, -0.1) is 0 Å². The highest BCUT2D eigenvalue weighted by Gasteiger charge is 2.60. The second-order valence-electron chi connectivity index (χ2n) is 8.95. The summed E-state index contributed by atoms with van der Waals surface area (Å²) in [6.45, 7) is 12.7. The van der Waals surface area contributed by atoms with Crippen LogP contribution in [0.3, 0.4) is 0 Å². The number of carbonyl (C=O) groups excluding carboxylic acids is 2. The van der Waals surface area contributed by atoms with Crippen LogP contribution in [0.15, 0.2) is 0 Å². The summed E-state index contributed by atoms with van der Waals surface area (Å²) in [4.78, 5) is 28.2. The van der Waals surface area contributed by atoms with Gasteiger partial charge in [-0.2, -0.15) is 0 Å². The molecule has 7 heteroatoms. The van der Waals surface area contributed by atoms with E-state index in [0.717, 1.165) is 13.0 Å². The molecule has 3 atom stereocenters. The molecule has 2 saturated heterocycles. The molecule has 142 valence electrons. The third-order valence-electron chi connectivity index (χ3n) is 5.60. The van der Waals surface area contributed by atoms with Crippen LogP contribution in [0.4, 0.5) is 9.59 Å². The number of amides is 3. The molecule has 3 fully saturated rings. The van der Waals surface area contributed by atoms with E-state index in [4.69, 9.17) is 9.47 Å². The summed E-state index contributed by atoms with van der Waals surface area (Å²) in [5.41, 5.74) is -0.517. The standard InChI is InChI=1S/C18H31N3O4/c1-17(2,3)25-16(23)21-9-7-20(8-10-21)15(22)19-13-12-6-11-24-14(12)18(13,4)5/h12-14H,6-11H2,1-5H3,(H,19,22)/t12-,13+,14-/m0/s1. The van der Waals surface area contributed by atoms with Crippen LogP contribution in [0.1, 0.15) is 41.0 Å². The van der Waals surface area contributed by atoms with Gasteiger partial charge in [-0.05, 0) is 27.2 Å². The van der Waals surface area contributed by atoms with E-state index in [1.54, 1.807) is 9.80 Å². The number of ether oxygens (including phenoxy) is 2. The van der Waals surface area contributed by atoms with Crippen molar-refractivity contribution in [1.29, 1.82) is 0 Å². The van der Waals surface area contributed by atoms with Crippen molar-refractivity contribution in [2.45, 2.75) is 58.8 Å². The molecule has 1 N–H and O–H groups in total. The Morgan fingerprint density at radius 3 is 2.32 bits per heavy atom. The minimum atomic E-state index is -0.499. The molecule has 2 aliphatic heterocycles. The smallest absolute Gasteiger partial charge is 0.410 e. The van der Waals surface area contributed by atoms with Gasteiger partial charge in [0.05, 0.1) is 6.10 Å². The van der Waals surface area contributed by atoms with E-state index >= 15 is 0 Å². The molecule has 0 aromatic heterocycles. The second kappa shape index (κ2) is 6.34. The average molecular weight is 353 g/mol. The van der Waals surface area contributed by atoms with E-state index in [1.807, 2.05) is 20.8 Å². The molecule has 3 rings (SSSR count). The highest BCUT2D eigenvalue weighted by molar-refractivity contribution is 5.75. The Bertz CT molecular complexity index is 535. The van der Waals surface area contributed by atoms with Crippen molar-refractivity contribution in [3.8, 4) is 0 Å². The van der Waals surface area contributed by atoms with Crippen LogP contribution in [-0.2, 0) is 9.47 Å².